The summed E-state index contributed by atoms with van der Waals surface area (Å²) in [5.74, 6) is -2.78. The van der Waals surface area contributed by atoms with Crippen LogP contribution >= 0.6 is 0 Å². The number of rotatable bonds is 4. The highest BCUT2D eigenvalue weighted by atomic mass is 19.3. The van der Waals surface area contributed by atoms with E-state index in [-0.39, 0.29) is 35.6 Å². The normalized spacial score (nSPS) is 27.1. The molecule has 1 aliphatic carbocycles. The summed E-state index contributed by atoms with van der Waals surface area (Å²) in [5, 5.41) is 16.9. The van der Waals surface area contributed by atoms with Crippen molar-refractivity contribution in [1.29, 1.82) is 5.26 Å². The molecule has 2 aromatic heterocycles. The van der Waals surface area contributed by atoms with Crippen LogP contribution in [0.1, 0.15) is 49.6 Å². The van der Waals surface area contributed by atoms with Crippen LogP contribution in [0.2, 0.25) is 0 Å². The van der Waals surface area contributed by atoms with Crippen molar-refractivity contribution in [3.8, 4) is 12.0 Å². The standard InChI is InChI=1S/C22H24F2N6O/c1-22(23,24)19-3-2-4-20(28-19)30-17-7-5-13(9-14(17)11-26-30)21(31)27-16-10-15-6-8-18(16)29(15)12-25/h2-4,11,13,15-16,18H,5-10H2,1H3,(H,27,31)/t13-,15+,16-,18-/m1/s1. The zero-order valence-electron chi connectivity index (χ0n) is 17.3. The monoisotopic (exact) mass is 426 g/mol. The third-order valence-corrected chi connectivity index (χ3v) is 6.90. The molecule has 0 spiro atoms. The number of halogens is 2. The Kier molecular flexibility index (Phi) is 4.68. The number of fused-ring (bicyclic) bond motifs is 3. The Morgan fingerprint density at radius 3 is 2.90 bits per heavy atom. The summed E-state index contributed by atoms with van der Waals surface area (Å²) in [6, 6.07) is 4.95. The summed E-state index contributed by atoms with van der Waals surface area (Å²) >= 11 is 0. The van der Waals surface area contributed by atoms with Crippen LogP contribution in [-0.2, 0) is 23.6 Å². The number of hydrogen-bond acceptors (Lipinski definition) is 5. The number of carbonyl (C=O) groups is 1. The van der Waals surface area contributed by atoms with E-state index < -0.39 is 5.92 Å². The van der Waals surface area contributed by atoms with Crippen LogP contribution in [-0.4, -0.2) is 43.7 Å². The predicted molar refractivity (Wildman–Crippen MR) is 107 cm³/mol. The van der Waals surface area contributed by atoms with E-state index in [4.69, 9.17) is 0 Å². The van der Waals surface area contributed by atoms with E-state index in [1.807, 2.05) is 4.90 Å². The van der Waals surface area contributed by atoms with Crippen LogP contribution in [0, 0.1) is 17.4 Å². The lowest BCUT2D eigenvalue weighted by atomic mass is 9.86. The average molecular weight is 426 g/mol. The fraction of sp³-hybridized carbons (Fsp3) is 0.545. The van der Waals surface area contributed by atoms with E-state index in [9.17, 15) is 18.8 Å². The van der Waals surface area contributed by atoms with E-state index >= 15 is 0 Å². The molecule has 2 aliphatic heterocycles. The number of amides is 1. The van der Waals surface area contributed by atoms with Gasteiger partial charge in [0.2, 0.25) is 5.91 Å². The van der Waals surface area contributed by atoms with Crippen molar-refractivity contribution in [2.75, 3.05) is 0 Å². The molecule has 1 N–H and O–H groups in total. The minimum Gasteiger partial charge on any atom is -0.351 e. The SMILES string of the molecule is CC(F)(F)c1cccc(-n2ncc3c2CC[C@@H](C(=O)N[C@@H]2C[C@@H]4CC[C@H]2N4C#N)C3)n1. The molecule has 1 amide bonds. The van der Waals surface area contributed by atoms with Gasteiger partial charge in [0.1, 0.15) is 5.69 Å². The molecule has 0 aromatic carbocycles. The lowest BCUT2D eigenvalue weighted by molar-refractivity contribution is -0.126. The molecular weight excluding hydrogens is 402 g/mol. The first-order valence-electron chi connectivity index (χ1n) is 10.7. The topological polar surface area (TPSA) is 86.8 Å². The molecule has 9 heteroatoms. The fourth-order valence-electron chi connectivity index (χ4n) is 5.33. The Balaban J connectivity index is 1.29. The Bertz CT molecular complexity index is 1060. The molecule has 4 atom stereocenters. The minimum absolute atomic E-state index is 0.0274. The second-order valence-corrected chi connectivity index (χ2v) is 8.89. The smallest absolute Gasteiger partial charge is 0.287 e. The molecule has 2 aromatic rings. The van der Waals surface area contributed by atoms with Crippen molar-refractivity contribution in [3.05, 3.63) is 41.3 Å². The number of aromatic nitrogens is 3. The largest absolute Gasteiger partial charge is 0.351 e. The van der Waals surface area contributed by atoms with Gasteiger partial charge >= 0.3 is 0 Å². The minimum atomic E-state index is -3.02. The second kappa shape index (κ2) is 7.29. The quantitative estimate of drug-likeness (QED) is 0.760. The number of nitriles is 1. The van der Waals surface area contributed by atoms with Crippen LogP contribution < -0.4 is 5.32 Å². The highest BCUT2D eigenvalue weighted by Gasteiger charge is 2.47. The molecule has 0 unspecified atom stereocenters. The van der Waals surface area contributed by atoms with Gasteiger partial charge in [0.15, 0.2) is 12.0 Å². The van der Waals surface area contributed by atoms with E-state index in [2.05, 4.69) is 21.6 Å². The number of alkyl halides is 2. The molecule has 7 nitrogen and oxygen atoms in total. The maximum atomic E-state index is 13.7. The molecular formula is C22H24F2N6O. The summed E-state index contributed by atoms with van der Waals surface area (Å²) in [6.07, 6.45) is 8.65. The fourth-order valence-corrected chi connectivity index (χ4v) is 5.33. The summed E-state index contributed by atoms with van der Waals surface area (Å²) in [4.78, 5) is 18.9. The molecule has 0 saturated carbocycles. The van der Waals surface area contributed by atoms with Crippen molar-refractivity contribution >= 4 is 5.91 Å². The van der Waals surface area contributed by atoms with E-state index in [0.29, 0.717) is 25.1 Å². The summed E-state index contributed by atoms with van der Waals surface area (Å²) in [7, 11) is 0. The Morgan fingerprint density at radius 2 is 2.16 bits per heavy atom. The molecule has 31 heavy (non-hydrogen) atoms. The van der Waals surface area contributed by atoms with Gasteiger partial charge in [0.05, 0.1) is 18.3 Å². The van der Waals surface area contributed by atoms with Gasteiger partial charge in [0.25, 0.3) is 5.92 Å². The summed E-state index contributed by atoms with van der Waals surface area (Å²) in [5.41, 5.74) is 1.58. The van der Waals surface area contributed by atoms with Gasteiger partial charge in [-0.3, -0.25) is 4.79 Å². The van der Waals surface area contributed by atoms with Crippen molar-refractivity contribution in [1.82, 2.24) is 25.0 Å². The van der Waals surface area contributed by atoms with Crippen LogP contribution in [0.15, 0.2) is 24.4 Å². The third kappa shape index (κ3) is 3.44. The van der Waals surface area contributed by atoms with E-state index in [1.54, 1.807) is 23.0 Å². The van der Waals surface area contributed by atoms with Crippen LogP contribution in [0.5, 0.6) is 0 Å². The van der Waals surface area contributed by atoms with Crippen LogP contribution in [0.3, 0.4) is 0 Å². The number of pyridine rings is 1. The highest BCUT2D eigenvalue weighted by molar-refractivity contribution is 5.79. The molecule has 4 heterocycles. The lowest BCUT2D eigenvalue weighted by Crippen LogP contribution is -2.46. The van der Waals surface area contributed by atoms with Crippen molar-refractivity contribution in [2.45, 2.75) is 69.5 Å². The number of carbonyl (C=O) groups excluding carboxylic acids is 1. The number of hydrogen-bond donors (Lipinski definition) is 1. The maximum Gasteiger partial charge on any atom is 0.287 e. The maximum absolute atomic E-state index is 13.7. The highest BCUT2D eigenvalue weighted by Crippen LogP contribution is 2.37. The number of nitrogens with zero attached hydrogens (tertiary/aromatic N) is 5. The van der Waals surface area contributed by atoms with Gasteiger partial charge in [-0.05, 0) is 56.2 Å². The first kappa shape index (κ1) is 19.9. The van der Waals surface area contributed by atoms with Gasteiger partial charge < -0.3 is 10.2 Å². The van der Waals surface area contributed by atoms with Gasteiger partial charge in [-0.1, -0.05) is 6.07 Å². The number of nitrogens with one attached hydrogen (secondary N) is 1. The first-order chi connectivity index (χ1) is 14.8. The Hall–Kier alpha value is -3.02. The van der Waals surface area contributed by atoms with Crippen molar-refractivity contribution in [2.24, 2.45) is 5.92 Å². The lowest BCUT2D eigenvalue weighted by Gasteiger charge is -2.27. The molecule has 2 saturated heterocycles. The Morgan fingerprint density at radius 1 is 1.32 bits per heavy atom. The molecule has 2 bridgehead atoms. The van der Waals surface area contributed by atoms with E-state index in [1.165, 1.54) is 6.07 Å². The zero-order chi connectivity index (χ0) is 21.8. The Labute approximate surface area is 179 Å². The third-order valence-electron chi connectivity index (χ3n) is 6.90. The molecule has 2 fully saturated rings. The average Bonchev–Trinajstić information content (AvgIpc) is 3.44. The first-order valence-corrected chi connectivity index (χ1v) is 10.7. The van der Waals surface area contributed by atoms with Crippen LogP contribution in [0.4, 0.5) is 8.78 Å². The van der Waals surface area contributed by atoms with E-state index in [0.717, 1.165) is 37.4 Å². The van der Waals surface area contributed by atoms with Gasteiger partial charge in [-0.25, -0.2) is 9.67 Å². The summed E-state index contributed by atoms with van der Waals surface area (Å²) < 4.78 is 28.9. The van der Waals surface area contributed by atoms with Gasteiger partial charge in [-0.15, -0.1) is 0 Å². The van der Waals surface area contributed by atoms with Crippen LogP contribution in [0.25, 0.3) is 5.82 Å². The molecule has 5 rings (SSSR count). The van der Waals surface area contributed by atoms with Crippen molar-refractivity contribution in [3.63, 3.8) is 0 Å². The van der Waals surface area contributed by atoms with Crippen molar-refractivity contribution < 1.29 is 13.6 Å². The summed E-state index contributed by atoms with van der Waals surface area (Å²) in [6.45, 7) is 0.826. The predicted octanol–water partition coefficient (Wildman–Crippen LogP) is 2.69. The van der Waals surface area contributed by atoms with Gasteiger partial charge in [0, 0.05) is 24.6 Å². The molecule has 3 aliphatic rings. The van der Waals surface area contributed by atoms with Gasteiger partial charge in [-0.2, -0.15) is 19.1 Å². The molecule has 162 valence electrons. The molecule has 0 radical (unpaired) electrons. The second-order valence-electron chi connectivity index (χ2n) is 8.89. The zero-order valence-corrected chi connectivity index (χ0v) is 17.3.